The van der Waals surface area contributed by atoms with E-state index >= 15 is 0 Å². The molecular formula is C20H19N3O4. The van der Waals surface area contributed by atoms with Crippen molar-refractivity contribution in [2.24, 2.45) is 5.41 Å². The van der Waals surface area contributed by atoms with E-state index in [4.69, 9.17) is 14.7 Å². The van der Waals surface area contributed by atoms with Crippen molar-refractivity contribution in [3.8, 4) is 17.6 Å². The van der Waals surface area contributed by atoms with Gasteiger partial charge in [-0.3, -0.25) is 9.59 Å². The minimum Gasteiger partial charge on any atom is -0.493 e. The predicted octanol–water partition coefficient (Wildman–Crippen LogP) is 2.93. The van der Waals surface area contributed by atoms with E-state index in [2.05, 4.69) is 10.6 Å². The average Bonchev–Trinajstić information content (AvgIpc) is 3.50. The van der Waals surface area contributed by atoms with Gasteiger partial charge in [-0.25, -0.2) is 0 Å². The second-order valence-corrected chi connectivity index (χ2v) is 6.22. The van der Waals surface area contributed by atoms with Crippen molar-refractivity contribution in [2.45, 2.75) is 12.8 Å². The quantitative estimate of drug-likeness (QED) is 0.767. The van der Waals surface area contributed by atoms with Gasteiger partial charge in [-0.1, -0.05) is 12.1 Å². The molecule has 2 N–H and O–H groups in total. The van der Waals surface area contributed by atoms with Crippen molar-refractivity contribution in [3.05, 3.63) is 48.0 Å². The van der Waals surface area contributed by atoms with Gasteiger partial charge >= 0.3 is 0 Å². The highest BCUT2D eigenvalue weighted by Gasteiger charge is 2.56. The lowest BCUT2D eigenvalue weighted by molar-refractivity contribution is -0.131. The highest BCUT2D eigenvalue weighted by Crippen LogP contribution is 2.48. The van der Waals surface area contributed by atoms with Crippen LogP contribution in [-0.4, -0.2) is 26.0 Å². The number of anilines is 2. The molecule has 0 spiro atoms. The summed E-state index contributed by atoms with van der Waals surface area (Å²) in [5.74, 6) is 0.222. The topological polar surface area (TPSA) is 100 Å². The number of carbonyl (C=O) groups is 2. The molecule has 7 heteroatoms. The summed E-state index contributed by atoms with van der Waals surface area (Å²) < 4.78 is 10.4. The monoisotopic (exact) mass is 365 g/mol. The number of benzene rings is 2. The number of carbonyl (C=O) groups excluding carboxylic acids is 2. The van der Waals surface area contributed by atoms with Gasteiger partial charge in [-0.2, -0.15) is 5.26 Å². The number of nitrogens with one attached hydrogen (secondary N) is 2. The summed E-state index contributed by atoms with van der Waals surface area (Å²) in [6.45, 7) is 0. The van der Waals surface area contributed by atoms with E-state index in [1.165, 1.54) is 14.2 Å². The lowest BCUT2D eigenvalue weighted by Crippen LogP contribution is -2.35. The van der Waals surface area contributed by atoms with Crippen LogP contribution in [0.1, 0.15) is 18.4 Å². The van der Waals surface area contributed by atoms with Crippen LogP contribution < -0.4 is 20.1 Å². The van der Waals surface area contributed by atoms with Crippen LogP contribution in [0.25, 0.3) is 0 Å². The van der Waals surface area contributed by atoms with E-state index in [0.717, 1.165) is 0 Å². The zero-order valence-electron chi connectivity index (χ0n) is 15.0. The maximum Gasteiger partial charge on any atom is 0.240 e. The summed E-state index contributed by atoms with van der Waals surface area (Å²) in [5.41, 5.74) is 0.127. The maximum absolute atomic E-state index is 12.7. The molecule has 7 nitrogen and oxygen atoms in total. The van der Waals surface area contributed by atoms with Crippen molar-refractivity contribution in [2.75, 3.05) is 24.9 Å². The normalized spacial score (nSPS) is 13.8. The van der Waals surface area contributed by atoms with Crippen LogP contribution in [0.4, 0.5) is 11.4 Å². The van der Waals surface area contributed by atoms with Crippen molar-refractivity contribution >= 4 is 23.2 Å². The molecule has 3 rings (SSSR count). The Hall–Kier alpha value is -3.53. The molecule has 2 amide bonds. The first-order chi connectivity index (χ1) is 13.0. The molecule has 1 aliphatic carbocycles. The molecule has 0 atom stereocenters. The second-order valence-electron chi connectivity index (χ2n) is 6.22. The molecule has 2 aromatic carbocycles. The summed E-state index contributed by atoms with van der Waals surface area (Å²) >= 11 is 0. The van der Waals surface area contributed by atoms with E-state index in [1.807, 2.05) is 6.07 Å². The number of nitriles is 1. The number of hydrogen-bond acceptors (Lipinski definition) is 5. The van der Waals surface area contributed by atoms with Gasteiger partial charge in [-0.15, -0.1) is 0 Å². The molecule has 0 heterocycles. The van der Waals surface area contributed by atoms with E-state index in [0.29, 0.717) is 41.3 Å². The Morgan fingerprint density at radius 3 is 2.30 bits per heavy atom. The van der Waals surface area contributed by atoms with Gasteiger partial charge in [0.1, 0.15) is 11.5 Å². The number of amides is 2. The molecule has 0 unspecified atom stereocenters. The molecule has 27 heavy (non-hydrogen) atoms. The Balaban J connectivity index is 1.74. The van der Waals surface area contributed by atoms with Gasteiger partial charge in [-0.05, 0) is 37.1 Å². The Morgan fingerprint density at radius 2 is 1.67 bits per heavy atom. The lowest BCUT2D eigenvalue weighted by atomic mass is 10.0. The fraction of sp³-hybridized carbons (Fsp3) is 0.250. The van der Waals surface area contributed by atoms with Gasteiger partial charge in [0.25, 0.3) is 0 Å². The lowest BCUT2D eigenvalue weighted by Gasteiger charge is -2.17. The standard InChI is InChI=1S/C20H19N3O4/c1-26-16-8-7-14(11-17(16)27-2)22-18(24)20(9-10-20)19(25)23-15-6-4-3-5-13(15)12-21/h3-8,11H,9-10H2,1-2H3,(H,22,24)(H,23,25). The summed E-state index contributed by atoms with van der Waals surface area (Å²) in [5, 5.41) is 14.6. The molecular weight excluding hydrogens is 346 g/mol. The number of hydrogen-bond donors (Lipinski definition) is 2. The summed E-state index contributed by atoms with van der Waals surface area (Å²) in [6, 6.07) is 13.7. The Kier molecular flexibility index (Phi) is 4.99. The van der Waals surface area contributed by atoms with Gasteiger partial charge < -0.3 is 20.1 Å². The maximum atomic E-state index is 12.7. The highest BCUT2D eigenvalue weighted by molar-refractivity contribution is 6.17. The summed E-state index contributed by atoms with van der Waals surface area (Å²) in [4.78, 5) is 25.4. The smallest absolute Gasteiger partial charge is 0.240 e. The molecule has 0 bridgehead atoms. The zero-order chi connectivity index (χ0) is 19.4. The third kappa shape index (κ3) is 3.55. The minimum absolute atomic E-state index is 0.349. The number of rotatable bonds is 6. The van der Waals surface area contributed by atoms with E-state index in [-0.39, 0.29) is 5.91 Å². The van der Waals surface area contributed by atoms with Crippen molar-refractivity contribution in [1.82, 2.24) is 0 Å². The van der Waals surface area contributed by atoms with E-state index < -0.39 is 11.3 Å². The summed E-state index contributed by atoms with van der Waals surface area (Å²) in [7, 11) is 3.03. The Morgan fingerprint density at radius 1 is 1.00 bits per heavy atom. The van der Waals surface area contributed by atoms with Crippen molar-refractivity contribution in [1.29, 1.82) is 5.26 Å². The van der Waals surface area contributed by atoms with E-state index in [1.54, 1.807) is 42.5 Å². The fourth-order valence-corrected chi connectivity index (χ4v) is 2.78. The van der Waals surface area contributed by atoms with Crippen LogP contribution in [0.5, 0.6) is 11.5 Å². The first-order valence-corrected chi connectivity index (χ1v) is 8.38. The van der Waals surface area contributed by atoms with Crippen LogP contribution >= 0.6 is 0 Å². The number of methoxy groups -OCH3 is 2. The number of para-hydroxylation sites is 1. The summed E-state index contributed by atoms with van der Waals surface area (Å²) in [6.07, 6.45) is 0.902. The number of ether oxygens (including phenoxy) is 2. The molecule has 0 aromatic heterocycles. The van der Waals surface area contributed by atoms with Crippen LogP contribution in [0.15, 0.2) is 42.5 Å². The molecule has 1 fully saturated rings. The second kappa shape index (κ2) is 7.38. The minimum atomic E-state index is -1.13. The number of nitrogens with zero attached hydrogens (tertiary/aromatic N) is 1. The largest absolute Gasteiger partial charge is 0.493 e. The van der Waals surface area contributed by atoms with Gasteiger partial charge in [0.05, 0.1) is 25.5 Å². The zero-order valence-corrected chi connectivity index (χ0v) is 15.0. The van der Waals surface area contributed by atoms with E-state index in [9.17, 15) is 9.59 Å². The first-order valence-electron chi connectivity index (χ1n) is 8.38. The van der Waals surface area contributed by atoms with Crippen LogP contribution in [0.3, 0.4) is 0 Å². The Bertz CT molecular complexity index is 929. The van der Waals surface area contributed by atoms with Gasteiger partial charge in [0.15, 0.2) is 11.5 Å². The fourth-order valence-electron chi connectivity index (χ4n) is 2.78. The molecule has 2 aromatic rings. The SMILES string of the molecule is COc1ccc(NC(=O)C2(C(=O)Nc3ccccc3C#N)CC2)cc1OC. The van der Waals surface area contributed by atoms with Gasteiger partial charge in [0, 0.05) is 11.8 Å². The molecule has 0 saturated heterocycles. The van der Waals surface area contributed by atoms with Crippen LogP contribution in [0.2, 0.25) is 0 Å². The third-order valence-electron chi connectivity index (χ3n) is 4.56. The highest BCUT2D eigenvalue weighted by atomic mass is 16.5. The van der Waals surface area contributed by atoms with Crippen LogP contribution in [-0.2, 0) is 9.59 Å². The van der Waals surface area contributed by atoms with Crippen molar-refractivity contribution in [3.63, 3.8) is 0 Å². The predicted molar refractivity (Wildman–Crippen MR) is 99.6 cm³/mol. The molecule has 0 radical (unpaired) electrons. The average molecular weight is 365 g/mol. The third-order valence-corrected chi connectivity index (χ3v) is 4.56. The molecule has 138 valence electrons. The van der Waals surface area contributed by atoms with Gasteiger partial charge in [0.2, 0.25) is 11.8 Å². The first kappa shape index (κ1) is 18.3. The molecule has 0 aliphatic heterocycles. The molecule has 1 aliphatic rings. The van der Waals surface area contributed by atoms with Crippen LogP contribution in [0, 0.1) is 16.7 Å². The van der Waals surface area contributed by atoms with Crippen molar-refractivity contribution < 1.29 is 19.1 Å². The Labute approximate surface area is 156 Å². The molecule has 1 saturated carbocycles.